The summed E-state index contributed by atoms with van der Waals surface area (Å²) in [5.74, 6) is -0.814. The van der Waals surface area contributed by atoms with Crippen molar-refractivity contribution in [1.29, 1.82) is 0 Å². The molecule has 1 aromatic heterocycles. The highest BCUT2D eigenvalue weighted by Gasteiger charge is 2.23. The van der Waals surface area contributed by atoms with Crippen molar-refractivity contribution in [1.82, 2.24) is 15.5 Å². The number of carbonyl (C=O) groups excluding carboxylic acids is 1. The first-order chi connectivity index (χ1) is 13.9. The van der Waals surface area contributed by atoms with Crippen LogP contribution in [0.1, 0.15) is 23.4 Å². The average molecular weight is 417 g/mol. The second-order valence-electron chi connectivity index (χ2n) is 6.43. The molecular weight excluding hydrogens is 397 g/mol. The maximum Gasteiger partial charge on any atom is 0.335 e. The molecule has 0 saturated heterocycles. The summed E-state index contributed by atoms with van der Waals surface area (Å²) in [7, 11) is -3.84. The molecule has 0 aliphatic rings. The Morgan fingerprint density at radius 2 is 1.69 bits per heavy atom. The quantitative estimate of drug-likeness (QED) is 0.574. The predicted octanol–water partition coefficient (Wildman–Crippen LogP) is 2.47. The van der Waals surface area contributed by atoms with Crippen molar-refractivity contribution in [2.24, 2.45) is 0 Å². The lowest BCUT2D eigenvalue weighted by Gasteiger charge is -2.03. The van der Waals surface area contributed by atoms with Gasteiger partial charge in [-0.15, -0.1) is 5.10 Å². The largest absolute Gasteiger partial charge is 0.412 e. The molecule has 7 nitrogen and oxygen atoms in total. The van der Waals surface area contributed by atoms with Crippen LogP contribution in [0.2, 0.25) is 0 Å². The molecule has 152 valence electrons. The first-order valence-electron chi connectivity index (χ1n) is 9.02. The summed E-state index contributed by atoms with van der Waals surface area (Å²) in [6.07, 6.45) is 1.21. The molecule has 1 heterocycles. The molecule has 9 heteroatoms. The van der Waals surface area contributed by atoms with E-state index in [4.69, 9.17) is 4.42 Å². The van der Waals surface area contributed by atoms with E-state index in [1.807, 2.05) is 30.3 Å². The molecule has 3 aromatic rings. The third-order valence-electron chi connectivity index (χ3n) is 4.13. The van der Waals surface area contributed by atoms with Gasteiger partial charge in [-0.3, -0.25) is 4.79 Å². The fourth-order valence-corrected chi connectivity index (χ4v) is 3.77. The molecule has 0 saturated carbocycles. The number of benzene rings is 2. The summed E-state index contributed by atoms with van der Waals surface area (Å²) in [4.78, 5) is 11.9. The van der Waals surface area contributed by atoms with Crippen LogP contribution in [-0.2, 0) is 33.2 Å². The number of aryl methyl sites for hydroxylation is 1. The Balaban J connectivity index is 1.47. The highest BCUT2D eigenvalue weighted by atomic mass is 32.2. The number of hydrogen-bond acceptors (Lipinski definition) is 6. The van der Waals surface area contributed by atoms with Gasteiger partial charge in [0.2, 0.25) is 21.6 Å². The van der Waals surface area contributed by atoms with Crippen molar-refractivity contribution >= 4 is 15.7 Å². The highest BCUT2D eigenvalue weighted by Crippen LogP contribution is 2.16. The average Bonchev–Trinajstić information content (AvgIpc) is 3.19. The molecule has 0 atom stereocenters. The summed E-state index contributed by atoms with van der Waals surface area (Å²) in [5, 5.41) is 9.55. The maximum atomic E-state index is 12.9. The van der Waals surface area contributed by atoms with Gasteiger partial charge >= 0.3 is 5.22 Å². The number of amides is 1. The van der Waals surface area contributed by atoms with Gasteiger partial charge in [-0.05, 0) is 29.7 Å². The van der Waals surface area contributed by atoms with Crippen LogP contribution in [0.4, 0.5) is 4.39 Å². The predicted molar refractivity (Wildman–Crippen MR) is 103 cm³/mol. The summed E-state index contributed by atoms with van der Waals surface area (Å²) in [6.45, 7) is 0.257. The lowest BCUT2D eigenvalue weighted by atomic mass is 10.1. The monoisotopic (exact) mass is 417 g/mol. The van der Waals surface area contributed by atoms with Gasteiger partial charge in [0.05, 0.1) is 5.75 Å². The third kappa shape index (κ3) is 6.21. The van der Waals surface area contributed by atoms with Crippen molar-refractivity contribution in [2.45, 2.75) is 30.2 Å². The molecule has 0 aliphatic carbocycles. The molecule has 0 unspecified atom stereocenters. The molecule has 1 amide bonds. The summed E-state index contributed by atoms with van der Waals surface area (Å²) in [6, 6.07) is 14.8. The normalized spacial score (nSPS) is 11.3. The van der Waals surface area contributed by atoms with Crippen LogP contribution in [-0.4, -0.2) is 31.1 Å². The van der Waals surface area contributed by atoms with Gasteiger partial charge in [0, 0.05) is 19.4 Å². The molecule has 0 aliphatic heterocycles. The first kappa shape index (κ1) is 20.7. The fourth-order valence-electron chi connectivity index (χ4n) is 2.63. The smallest absolute Gasteiger partial charge is 0.335 e. The van der Waals surface area contributed by atoms with E-state index < -0.39 is 20.9 Å². The van der Waals surface area contributed by atoms with Crippen molar-refractivity contribution in [3.8, 4) is 0 Å². The summed E-state index contributed by atoms with van der Waals surface area (Å²) >= 11 is 0. The van der Waals surface area contributed by atoms with E-state index in [1.165, 1.54) is 24.3 Å². The standard InChI is InChI=1S/C20H20FN3O4S/c21-17-9-6-16(7-10-17)14-29(26,27)20-24-23-19(28-20)12-13-22-18(25)11-8-15-4-2-1-3-5-15/h1-7,9-10H,8,11-14H2,(H,22,25). The number of hydrogen-bond donors (Lipinski definition) is 1. The zero-order chi connectivity index (χ0) is 20.7. The molecule has 0 spiro atoms. The number of nitrogens with one attached hydrogen (secondary N) is 1. The molecule has 1 N–H and O–H groups in total. The third-order valence-corrected chi connectivity index (χ3v) is 5.54. The Kier molecular flexibility index (Phi) is 6.71. The summed E-state index contributed by atoms with van der Waals surface area (Å²) < 4.78 is 42.8. The zero-order valence-corrected chi connectivity index (χ0v) is 16.4. The molecule has 0 bridgehead atoms. The van der Waals surface area contributed by atoms with Crippen LogP contribution in [0.15, 0.2) is 64.2 Å². The van der Waals surface area contributed by atoms with Crippen molar-refractivity contribution in [3.05, 3.63) is 77.4 Å². The van der Waals surface area contributed by atoms with E-state index >= 15 is 0 Å². The van der Waals surface area contributed by atoms with Gasteiger partial charge in [-0.1, -0.05) is 47.6 Å². The van der Waals surface area contributed by atoms with Gasteiger partial charge in [0.15, 0.2) is 0 Å². The Morgan fingerprint density at radius 3 is 2.41 bits per heavy atom. The van der Waals surface area contributed by atoms with Crippen LogP contribution in [0.5, 0.6) is 0 Å². The minimum atomic E-state index is -3.84. The first-order valence-corrected chi connectivity index (χ1v) is 10.7. The van der Waals surface area contributed by atoms with Crippen molar-refractivity contribution in [3.63, 3.8) is 0 Å². The van der Waals surface area contributed by atoms with Gasteiger partial charge < -0.3 is 9.73 Å². The number of sulfone groups is 1. The number of nitrogens with zero attached hydrogens (tertiary/aromatic N) is 2. The second-order valence-corrected chi connectivity index (χ2v) is 8.30. The van der Waals surface area contributed by atoms with E-state index in [2.05, 4.69) is 15.5 Å². The van der Waals surface area contributed by atoms with Gasteiger partial charge in [0.25, 0.3) is 0 Å². The number of carbonyl (C=O) groups is 1. The topological polar surface area (TPSA) is 102 Å². The van der Waals surface area contributed by atoms with E-state index in [9.17, 15) is 17.6 Å². The lowest BCUT2D eigenvalue weighted by Crippen LogP contribution is -2.25. The molecule has 0 radical (unpaired) electrons. The van der Waals surface area contributed by atoms with E-state index in [0.717, 1.165) is 5.56 Å². The Labute approximate surface area is 167 Å². The number of aromatic nitrogens is 2. The highest BCUT2D eigenvalue weighted by molar-refractivity contribution is 7.90. The number of halogens is 1. The van der Waals surface area contributed by atoms with Crippen molar-refractivity contribution in [2.75, 3.05) is 6.54 Å². The molecule has 3 rings (SSSR count). The van der Waals surface area contributed by atoms with Crippen LogP contribution in [0.25, 0.3) is 0 Å². The van der Waals surface area contributed by atoms with Gasteiger partial charge in [0.1, 0.15) is 5.82 Å². The minimum Gasteiger partial charge on any atom is -0.412 e. The second kappa shape index (κ2) is 9.42. The van der Waals surface area contributed by atoms with Gasteiger partial charge in [-0.25, -0.2) is 12.8 Å². The van der Waals surface area contributed by atoms with Crippen molar-refractivity contribution < 1.29 is 22.0 Å². The van der Waals surface area contributed by atoms with Crippen LogP contribution in [0.3, 0.4) is 0 Å². The number of rotatable bonds is 9. The van der Waals surface area contributed by atoms with E-state index in [0.29, 0.717) is 18.4 Å². The molecule has 2 aromatic carbocycles. The summed E-state index contributed by atoms with van der Waals surface area (Å²) in [5.41, 5.74) is 1.49. The Bertz CT molecular complexity index is 1050. The van der Waals surface area contributed by atoms with Crippen LogP contribution >= 0.6 is 0 Å². The van der Waals surface area contributed by atoms with Gasteiger partial charge in [-0.2, -0.15) is 0 Å². The van der Waals surface area contributed by atoms with E-state index in [1.54, 1.807) is 0 Å². The SMILES string of the molecule is O=C(CCc1ccccc1)NCCc1nnc(S(=O)(=O)Cc2ccc(F)cc2)o1. The Morgan fingerprint density at radius 1 is 0.966 bits per heavy atom. The molecular formula is C20H20FN3O4S. The Hall–Kier alpha value is -3.07. The zero-order valence-electron chi connectivity index (χ0n) is 15.5. The lowest BCUT2D eigenvalue weighted by molar-refractivity contribution is -0.121. The van der Waals surface area contributed by atoms with Crippen LogP contribution < -0.4 is 5.32 Å². The molecule has 29 heavy (non-hydrogen) atoms. The maximum absolute atomic E-state index is 12.9. The fraction of sp³-hybridized carbons (Fsp3) is 0.250. The van der Waals surface area contributed by atoms with E-state index in [-0.39, 0.29) is 30.5 Å². The minimum absolute atomic E-state index is 0.113. The molecule has 0 fully saturated rings. The van der Waals surface area contributed by atoms with Crippen LogP contribution in [0, 0.1) is 5.82 Å².